The molecule has 0 spiro atoms. The van der Waals surface area contributed by atoms with Gasteiger partial charge in [0.2, 0.25) is 5.91 Å². The van der Waals surface area contributed by atoms with Crippen molar-refractivity contribution in [1.82, 2.24) is 0 Å². The maximum atomic E-state index is 11.4. The van der Waals surface area contributed by atoms with E-state index in [0.29, 0.717) is 5.75 Å². The van der Waals surface area contributed by atoms with Crippen LogP contribution in [0, 0.1) is 20.8 Å². The second-order valence-electron chi connectivity index (χ2n) is 3.88. The third-order valence-corrected chi connectivity index (χ3v) is 2.19. The van der Waals surface area contributed by atoms with Crippen LogP contribution >= 0.6 is 0 Å². The van der Waals surface area contributed by atoms with Crippen molar-refractivity contribution in [2.24, 2.45) is 5.73 Å². The molecular formula is C13H15NO3. The summed E-state index contributed by atoms with van der Waals surface area (Å²) in [6.45, 7) is 5.69. The number of amides is 1. The number of benzene rings is 1. The summed E-state index contributed by atoms with van der Waals surface area (Å²) in [7, 11) is 0. The molecule has 90 valence electrons. The standard InChI is InChI=1S/C13H15NO3/c1-8-6-9(2)13(10(3)7-8)17-12(16)5-4-11(14)15/h4-7H,1-3H3,(H2,14,15)/b5-4-. The zero-order valence-corrected chi connectivity index (χ0v) is 10.1. The van der Waals surface area contributed by atoms with Crippen molar-refractivity contribution < 1.29 is 14.3 Å². The predicted octanol–water partition coefficient (Wildman–Crippen LogP) is 1.56. The highest BCUT2D eigenvalue weighted by Crippen LogP contribution is 2.24. The molecule has 1 rings (SSSR count). The Hall–Kier alpha value is -2.10. The first-order valence-electron chi connectivity index (χ1n) is 5.17. The minimum Gasteiger partial charge on any atom is -0.423 e. The number of carbonyl (C=O) groups excluding carboxylic acids is 2. The largest absolute Gasteiger partial charge is 0.423 e. The predicted molar refractivity (Wildman–Crippen MR) is 64.6 cm³/mol. The van der Waals surface area contributed by atoms with Gasteiger partial charge in [-0.2, -0.15) is 0 Å². The molecule has 0 aliphatic heterocycles. The quantitative estimate of drug-likeness (QED) is 0.489. The molecule has 1 aromatic carbocycles. The van der Waals surface area contributed by atoms with E-state index in [-0.39, 0.29) is 0 Å². The first-order valence-corrected chi connectivity index (χ1v) is 5.17. The lowest BCUT2D eigenvalue weighted by Crippen LogP contribution is -2.10. The van der Waals surface area contributed by atoms with Crippen LogP contribution < -0.4 is 10.5 Å². The second-order valence-corrected chi connectivity index (χ2v) is 3.88. The number of esters is 1. The van der Waals surface area contributed by atoms with E-state index in [9.17, 15) is 9.59 Å². The fourth-order valence-electron chi connectivity index (χ4n) is 1.61. The zero-order chi connectivity index (χ0) is 13.0. The molecule has 0 heterocycles. The summed E-state index contributed by atoms with van der Waals surface area (Å²) < 4.78 is 5.15. The summed E-state index contributed by atoms with van der Waals surface area (Å²) in [6.07, 6.45) is 1.99. The highest BCUT2D eigenvalue weighted by atomic mass is 16.5. The number of hydrogen-bond acceptors (Lipinski definition) is 3. The summed E-state index contributed by atoms with van der Waals surface area (Å²) in [4.78, 5) is 21.9. The van der Waals surface area contributed by atoms with Crippen LogP contribution in [0.15, 0.2) is 24.3 Å². The average molecular weight is 233 g/mol. The highest BCUT2D eigenvalue weighted by molar-refractivity contribution is 5.94. The van der Waals surface area contributed by atoms with Crippen molar-refractivity contribution in [1.29, 1.82) is 0 Å². The van der Waals surface area contributed by atoms with Gasteiger partial charge in [-0.1, -0.05) is 17.7 Å². The first kappa shape index (κ1) is 13.0. The number of ether oxygens (including phenoxy) is 1. The SMILES string of the molecule is Cc1cc(C)c(OC(=O)/C=C\C(N)=O)c(C)c1. The third-order valence-electron chi connectivity index (χ3n) is 2.19. The molecule has 4 heteroatoms. The first-order chi connectivity index (χ1) is 7.90. The zero-order valence-electron chi connectivity index (χ0n) is 10.1. The second kappa shape index (κ2) is 5.30. The van der Waals surface area contributed by atoms with Crippen LogP contribution in [0.25, 0.3) is 0 Å². The van der Waals surface area contributed by atoms with E-state index >= 15 is 0 Å². The Balaban J connectivity index is 2.89. The molecule has 1 amide bonds. The fourth-order valence-corrected chi connectivity index (χ4v) is 1.61. The summed E-state index contributed by atoms with van der Waals surface area (Å²) in [5, 5.41) is 0. The Bertz CT molecular complexity index is 466. The molecule has 0 aliphatic carbocycles. The summed E-state index contributed by atoms with van der Waals surface area (Å²) in [5.41, 5.74) is 7.74. The number of rotatable bonds is 3. The minimum atomic E-state index is -0.681. The molecule has 0 radical (unpaired) electrons. The molecule has 0 atom stereocenters. The van der Waals surface area contributed by atoms with Crippen LogP contribution in [0.1, 0.15) is 16.7 Å². The van der Waals surface area contributed by atoms with Gasteiger partial charge in [0.25, 0.3) is 0 Å². The molecule has 0 fully saturated rings. The monoisotopic (exact) mass is 233 g/mol. The summed E-state index contributed by atoms with van der Waals surface area (Å²) >= 11 is 0. The van der Waals surface area contributed by atoms with Crippen molar-refractivity contribution in [3.63, 3.8) is 0 Å². The number of carbonyl (C=O) groups is 2. The van der Waals surface area contributed by atoms with Gasteiger partial charge in [-0.15, -0.1) is 0 Å². The van der Waals surface area contributed by atoms with Crippen molar-refractivity contribution in [2.45, 2.75) is 20.8 Å². The number of aryl methyl sites for hydroxylation is 3. The third kappa shape index (κ3) is 3.75. The Kier molecular flexibility index (Phi) is 4.04. The van der Waals surface area contributed by atoms with Crippen molar-refractivity contribution in [2.75, 3.05) is 0 Å². The Labute approximate surface area is 100 Å². The Morgan fingerprint density at radius 2 is 1.65 bits per heavy atom. The Morgan fingerprint density at radius 3 is 2.12 bits per heavy atom. The van der Waals surface area contributed by atoms with E-state index in [0.717, 1.165) is 28.8 Å². The van der Waals surface area contributed by atoms with Gasteiger partial charge in [-0.3, -0.25) is 4.79 Å². The van der Waals surface area contributed by atoms with Crippen LogP contribution in [-0.4, -0.2) is 11.9 Å². The molecule has 0 saturated heterocycles. The van der Waals surface area contributed by atoms with Gasteiger partial charge in [-0.05, 0) is 31.9 Å². The van der Waals surface area contributed by atoms with E-state index in [1.54, 1.807) is 0 Å². The van der Waals surface area contributed by atoms with Gasteiger partial charge in [0.1, 0.15) is 5.75 Å². The number of hydrogen-bond donors (Lipinski definition) is 1. The number of nitrogens with two attached hydrogens (primary N) is 1. The topological polar surface area (TPSA) is 69.4 Å². The van der Waals surface area contributed by atoms with Crippen molar-refractivity contribution in [3.05, 3.63) is 41.0 Å². The molecule has 4 nitrogen and oxygen atoms in total. The normalized spacial score (nSPS) is 10.5. The lowest BCUT2D eigenvalue weighted by Gasteiger charge is -2.10. The maximum Gasteiger partial charge on any atom is 0.336 e. The Morgan fingerprint density at radius 1 is 1.12 bits per heavy atom. The smallest absolute Gasteiger partial charge is 0.336 e. The molecule has 0 aromatic heterocycles. The summed E-state index contributed by atoms with van der Waals surface area (Å²) in [5.74, 6) is -0.770. The van der Waals surface area contributed by atoms with Gasteiger partial charge in [0.05, 0.1) is 0 Å². The molecule has 17 heavy (non-hydrogen) atoms. The van der Waals surface area contributed by atoms with Crippen LogP contribution in [0.2, 0.25) is 0 Å². The highest BCUT2D eigenvalue weighted by Gasteiger charge is 2.08. The van der Waals surface area contributed by atoms with Crippen LogP contribution in [0.3, 0.4) is 0 Å². The van der Waals surface area contributed by atoms with E-state index in [1.807, 2.05) is 32.9 Å². The van der Waals surface area contributed by atoms with Gasteiger partial charge < -0.3 is 10.5 Å². The lowest BCUT2D eigenvalue weighted by atomic mass is 10.1. The van der Waals surface area contributed by atoms with E-state index in [4.69, 9.17) is 10.5 Å². The van der Waals surface area contributed by atoms with E-state index in [1.165, 1.54) is 0 Å². The average Bonchev–Trinajstić information content (AvgIpc) is 2.20. The van der Waals surface area contributed by atoms with Crippen molar-refractivity contribution >= 4 is 11.9 Å². The van der Waals surface area contributed by atoms with E-state index < -0.39 is 11.9 Å². The summed E-state index contributed by atoms with van der Waals surface area (Å²) in [6, 6.07) is 3.85. The molecule has 0 unspecified atom stereocenters. The molecular weight excluding hydrogens is 218 g/mol. The minimum absolute atomic E-state index is 0.523. The molecule has 0 saturated carbocycles. The molecule has 0 aliphatic rings. The van der Waals surface area contributed by atoms with Gasteiger partial charge >= 0.3 is 5.97 Å². The van der Waals surface area contributed by atoms with Gasteiger partial charge in [0.15, 0.2) is 0 Å². The lowest BCUT2D eigenvalue weighted by molar-refractivity contribution is -0.129. The molecule has 2 N–H and O–H groups in total. The number of primary amides is 1. The molecule has 0 bridgehead atoms. The molecule has 1 aromatic rings. The van der Waals surface area contributed by atoms with Crippen LogP contribution in [0.4, 0.5) is 0 Å². The van der Waals surface area contributed by atoms with Gasteiger partial charge in [-0.25, -0.2) is 4.79 Å². The van der Waals surface area contributed by atoms with Crippen LogP contribution in [0.5, 0.6) is 5.75 Å². The maximum absolute atomic E-state index is 11.4. The fraction of sp³-hybridized carbons (Fsp3) is 0.231. The van der Waals surface area contributed by atoms with Crippen LogP contribution in [-0.2, 0) is 9.59 Å². The van der Waals surface area contributed by atoms with E-state index in [2.05, 4.69) is 0 Å². The van der Waals surface area contributed by atoms with Gasteiger partial charge in [0, 0.05) is 12.2 Å². The van der Waals surface area contributed by atoms with Crippen molar-refractivity contribution in [3.8, 4) is 5.75 Å².